The van der Waals surface area contributed by atoms with Crippen LogP contribution in [-0.4, -0.2) is 24.0 Å². The first-order chi connectivity index (χ1) is 9.25. The summed E-state index contributed by atoms with van der Waals surface area (Å²) in [5, 5.41) is 2.68. The number of ether oxygens (including phenoxy) is 1. The number of H-pyrrole nitrogens is 1. The predicted molar refractivity (Wildman–Crippen MR) is 71.3 cm³/mol. The molecule has 0 aliphatic carbocycles. The highest BCUT2D eigenvalue weighted by Gasteiger charge is 2.04. The molecule has 0 unspecified atom stereocenters. The second-order valence-electron chi connectivity index (χ2n) is 3.86. The highest BCUT2D eigenvalue weighted by Crippen LogP contribution is 2.07. The van der Waals surface area contributed by atoms with Crippen LogP contribution in [0.5, 0.6) is 5.75 Å². The standard InChI is InChI=1S/C14H14N2O3/c17-13-10-11(6-7-15-13)14(18)16-8-9-19-12-4-2-1-3-5-12/h1-7,10H,8-9H2,(H,15,17)(H,16,18). The van der Waals surface area contributed by atoms with E-state index >= 15 is 0 Å². The molecule has 5 nitrogen and oxygen atoms in total. The van der Waals surface area contributed by atoms with E-state index in [4.69, 9.17) is 4.74 Å². The van der Waals surface area contributed by atoms with Crippen LogP contribution < -0.4 is 15.6 Å². The molecule has 0 aliphatic rings. The number of para-hydroxylation sites is 1. The first-order valence-corrected chi connectivity index (χ1v) is 5.90. The number of benzene rings is 1. The van der Waals surface area contributed by atoms with Crippen molar-refractivity contribution in [2.45, 2.75) is 0 Å². The molecule has 1 heterocycles. The van der Waals surface area contributed by atoms with E-state index in [1.165, 1.54) is 12.3 Å². The van der Waals surface area contributed by atoms with E-state index in [0.29, 0.717) is 18.7 Å². The Morgan fingerprint density at radius 1 is 1.21 bits per heavy atom. The lowest BCUT2D eigenvalue weighted by Crippen LogP contribution is -2.28. The molecule has 0 atom stereocenters. The van der Waals surface area contributed by atoms with Gasteiger partial charge in [0.05, 0.1) is 6.54 Å². The number of carbonyl (C=O) groups excluding carboxylic acids is 1. The molecule has 0 fully saturated rings. The maximum absolute atomic E-state index is 11.7. The SMILES string of the molecule is O=C(NCCOc1ccccc1)c1cc[nH]c(=O)c1. The van der Waals surface area contributed by atoms with Gasteiger partial charge in [0.25, 0.3) is 5.91 Å². The smallest absolute Gasteiger partial charge is 0.251 e. The van der Waals surface area contributed by atoms with Gasteiger partial charge in [0.15, 0.2) is 0 Å². The van der Waals surface area contributed by atoms with Gasteiger partial charge in [-0.2, -0.15) is 0 Å². The topological polar surface area (TPSA) is 71.2 Å². The Morgan fingerprint density at radius 3 is 2.74 bits per heavy atom. The fourth-order valence-electron chi connectivity index (χ4n) is 1.54. The average Bonchev–Trinajstić information content (AvgIpc) is 2.44. The van der Waals surface area contributed by atoms with Gasteiger partial charge in [-0.3, -0.25) is 9.59 Å². The normalized spacial score (nSPS) is 9.89. The summed E-state index contributed by atoms with van der Waals surface area (Å²) >= 11 is 0. The Balaban J connectivity index is 1.77. The van der Waals surface area contributed by atoms with Crippen molar-refractivity contribution in [2.75, 3.05) is 13.2 Å². The largest absolute Gasteiger partial charge is 0.492 e. The van der Waals surface area contributed by atoms with Crippen molar-refractivity contribution in [3.63, 3.8) is 0 Å². The molecule has 1 aromatic heterocycles. The molecule has 1 aromatic carbocycles. The van der Waals surface area contributed by atoms with E-state index in [1.807, 2.05) is 30.3 Å². The van der Waals surface area contributed by atoms with E-state index in [1.54, 1.807) is 6.07 Å². The molecular formula is C14H14N2O3. The fraction of sp³-hybridized carbons (Fsp3) is 0.143. The van der Waals surface area contributed by atoms with Gasteiger partial charge in [-0.1, -0.05) is 18.2 Å². The summed E-state index contributed by atoms with van der Waals surface area (Å²) < 4.78 is 5.43. The number of hydrogen-bond donors (Lipinski definition) is 2. The third-order valence-corrected chi connectivity index (χ3v) is 2.44. The molecule has 0 spiro atoms. The minimum Gasteiger partial charge on any atom is -0.492 e. The van der Waals surface area contributed by atoms with Crippen LogP contribution in [0.4, 0.5) is 0 Å². The Bertz CT molecular complexity index is 593. The van der Waals surface area contributed by atoms with Gasteiger partial charge in [0.2, 0.25) is 5.56 Å². The van der Waals surface area contributed by atoms with Gasteiger partial charge in [-0.05, 0) is 18.2 Å². The van der Waals surface area contributed by atoms with E-state index in [2.05, 4.69) is 10.3 Å². The Morgan fingerprint density at radius 2 is 2.00 bits per heavy atom. The first kappa shape index (κ1) is 12.9. The Kier molecular flexibility index (Phi) is 4.34. The van der Waals surface area contributed by atoms with Gasteiger partial charge >= 0.3 is 0 Å². The molecule has 0 aliphatic heterocycles. The van der Waals surface area contributed by atoms with Crippen molar-refractivity contribution in [1.29, 1.82) is 0 Å². The maximum atomic E-state index is 11.7. The molecule has 0 saturated carbocycles. The number of aromatic nitrogens is 1. The minimum absolute atomic E-state index is 0.289. The van der Waals surface area contributed by atoms with Crippen LogP contribution in [0.3, 0.4) is 0 Å². The van der Waals surface area contributed by atoms with Gasteiger partial charge in [-0.15, -0.1) is 0 Å². The number of pyridine rings is 1. The number of carbonyl (C=O) groups is 1. The summed E-state index contributed by atoms with van der Waals surface area (Å²) in [6.07, 6.45) is 1.44. The zero-order chi connectivity index (χ0) is 13.5. The second kappa shape index (κ2) is 6.39. The van der Waals surface area contributed by atoms with E-state index < -0.39 is 0 Å². The minimum atomic E-state index is -0.298. The zero-order valence-corrected chi connectivity index (χ0v) is 10.3. The molecular weight excluding hydrogens is 244 g/mol. The quantitative estimate of drug-likeness (QED) is 0.791. The number of amides is 1. The lowest BCUT2D eigenvalue weighted by atomic mass is 10.2. The van der Waals surface area contributed by atoms with Gasteiger partial charge in [0.1, 0.15) is 12.4 Å². The van der Waals surface area contributed by atoms with E-state index in [9.17, 15) is 9.59 Å². The van der Waals surface area contributed by atoms with Crippen molar-refractivity contribution in [3.8, 4) is 5.75 Å². The van der Waals surface area contributed by atoms with Crippen molar-refractivity contribution in [2.24, 2.45) is 0 Å². The summed E-state index contributed by atoms with van der Waals surface area (Å²) in [5.74, 6) is 0.468. The lowest BCUT2D eigenvalue weighted by molar-refractivity contribution is 0.0947. The van der Waals surface area contributed by atoms with Crippen molar-refractivity contribution >= 4 is 5.91 Å². The van der Waals surface area contributed by atoms with Crippen LogP contribution in [0.25, 0.3) is 0 Å². The van der Waals surface area contributed by atoms with Gasteiger partial charge in [-0.25, -0.2) is 0 Å². The highest BCUT2D eigenvalue weighted by molar-refractivity contribution is 5.93. The molecule has 0 bridgehead atoms. The third kappa shape index (κ3) is 3.99. The summed E-state index contributed by atoms with van der Waals surface area (Å²) in [6, 6.07) is 12.2. The average molecular weight is 258 g/mol. The Labute approximate surface area is 110 Å². The summed E-state index contributed by atoms with van der Waals surface area (Å²) in [7, 11) is 0. The van der Waals surface area contributed by atoms with Crippen LogP contribution in [0.2, 0.25) is 0 Å². The van der Waals surface area contributed by atoms with Crippen molar-refractivity contribution in [1.82, 2.24) is 10.3 Å². The molecule has 2 aromatic rings. The van der Waals surface area contributed by atoms with Crippen LogP contribution in [0.15, 0.2) is 53.5 Å². The molecule has 5 heteroatoms. The first-order valence-electron chi connectivity index (χ1n) is 5.90. The van der Waals surface area contributed by atoms with Crippen LogP contribution in [0.1, 0.15) is 10.4 Å². The van der Waals surface area contributed by atoms with Crippen LogP contribution in [-0.2, 0) is 0 Å². The number of hydrogen-bond acceptors (Lipinski definition) is 3. The summed E-state index contributed by atoms with van der Waals surface area (Å²) in [6.45, 7) is 0.749. The maximum Gasteiger partial charge on any atom is 0.251 e. The highest BCUT2D eigenvalue weighted by atomic mass is 16.5. The number of rotatable bonds is 5. The fourth-order valence-corrected chi connectivity index (χ4v) is 1.54. The zero-order valence-electron chi connectivity index (χ0n) is 10.3. The summed E-state index contributed by atoms with van der Waals surface area (Å²) in [5.41, 5.74) is 0.0386. The van der Waals surface area contributed by atoms with Gasteiger partial charge < -0.3 is 15.0 Å². The van der Waals surface area contributed by atoms with Crippen LogP contribution in [0, 0.1) is 0 Å². The van der Waals surface area contributed by atoms with Crippen LogP contribution >= 0.6 is 0 Å². The second-order valence-corrected chi connectivity index (χ2v) is 3.86. The molecule has 2 N–H and O–H groups in total. The molecule has 0 saturated heterocycles. The van der Waals surface area contributed by atoms with Crippen molar-refractivity contribution in [3.05, 3.63) is 64.6 Å². The predicted octanol–water partition coefficient (Wildman–Crippen LogP) is 1.18. The number of aromatic amines is 1. The molecule has 98 valence electrons. The van der Waals surface area contributed by atoms with E-state index in [-0.39, 0.29) is 11.5 Å². The summed E-state index contributed by atoms with van der Waals surface area (Å²) in [4.78, 5) is 25.2. The Hall–Kier alpha value is -2.56. The number of nitrogens with one attached hydrogen (secondary N) is 2. The molecule has 2 rings (SSSR count). The molecule has 0 radical (unpaired) electrons. The van der Waals surface area contributed by atoms with Crippen molar-refractivity contribution < 1.29 is 9.53 Å². The lowest BCUT2D eigenvalue weighted by Gasteiger charge is -2.07. The monoisotopic (exact) mass is 258 g/mol. The molecule has 1 amide bonds. The molecule has 19 heavy (non-hydrogen) atoms. The van der Waals surface area contributed by atoms with E-state index in [0.717, 1.165) is 5.75 Å². The third-order valence-electron chi connectivity index (χ3n) is 2.44. The van der Waals surface area contributed by atoms with Gasteiger partial charge in [0, 0.05) is 17.8 Å².